The van der Waals surface area contributed by atoms with Crippen LogP contribution in [0.5, 0.6) is 0 Å². The lowest BCUT2D eigenvalue weighted by atomic mass is 10.1. The Morgan fingerprint density at radius 1 is 1.64 bits per heavy atom. The third-order valence-electron chi connectivity index (χ3n) is 2.09. The zero-order valence-electron chi connectivity index (χ0n) is 8.66. The summed E-state index contributed by atoms with van der Waals surface area (Å²) in [7, 11) is 0. The lowest BCUT2D eigenvalue weighted by Crippen LogP contribution is -2.15. The Labute approximate surface area is 88.9 Å². The average molecular weight is 212 g/mol. The van der Waals surface area contributed by atoms with Crippen LogP contribution in [0.3, 0.4) is 0 Å². The Hall–Kier alpha value is -0.830. The van der Waals surface area contributed by atoms with E-state index in [-0.39, 0.29) is 11.9 Å². The van der Waals surface area contributed by atoms with Crippen molar-refractivity contribution in [2.24, 2.45) is 5.92 Å². The zero-order valence-corrected chi connectivity index (χ0v) is 9.47. The van der Waals surface area contributed by atoms with Crippen LogP contribution < -0.4 is 0 Å². The molecule has 0 aliphatic rings. The standard InChI is InChI=1S/C11H16O2S/c1-3-13-11(12)9(2)6-7-10-5-4-8-14-10/h4-5,8-9H,3,6-7H2,1-2H3. The van der Waals surface area contributed by atoms with E-state index in [0.29, 0.717) is 6.61 Å². The topological polar surface area (TPSA) is 26.3 Å². The molecule has 1 rings (SSSR count). The van der Waals surface area contributed by atoms with Crippen molar-refractivity contribution in [1.82, 2.24) is 0 Å². The minimum absolute atomic E-state index is 0.0112. The van der Waals surface area contributed by atoms with Gasteiger partial charge in [0.2, 0.25) is 0 Å². The Morgan fingerprint density at radius 2 is 2.43 bits per heavy atom. The van der Waals surface area contributed by atoms with Crippen LogP contribution in [0.15, 0.2) is 17.5 Å². The summed E-state index contributed by atoms with van der Waals surface area (Å²) < 4.78 is 4.94. The predicted molar refractivity (Wildman–Crippen MR) is 58.4 cm³/mol. The van der Waals surface area contributed by atoms with Gasteiger partial charge in [-0.2, -0.15) is 0 Å². The summed E-state index contributed by atoms with van der Waals surface area (Å²) in [6.07, 6.45) is 1.84. The number of ether oxygens (including phenoxy) is 1. The highest BCUT2D eigenvalue weighted by Gasteiger charge is 2.13. The van der Waals surface area contributed by atoms with Crippen LogP contribution in [0.25, 0.3) is 0 Å². The fourth-order valence-electron chi connectivity index (χ4n) is 1.22. The molecule has 1 aromatic rings. The number of hydrogen-bond acceptors (Lipinski definition) is 3. The maximum Gasteiger partial charge on any atom is 0.308 e. The fourth-order valence-corrected chi connectivity index (χ4v) is 1.94. The molecule has 0 aliphatic carbocycles. The highest BCUT2D eigenvalue weighted by molar-refractivity contribution is 7.09. The molecular weight excluding hydrogens is 196 g/mol. The number of aryl methyl sites for hydroxylation is 1. The van der Waals surface area contributed by atoms with Crippen molar-refractivity contribution in [3.8, 4) is 0 Å². The summed E-state index contributed by atoms with van der Waals surface area (Å²) >= 11 is 1.74. The molecule has 1 unspecified atom stereocenters. The second-order valence-electron chi connectivity index (χ2n) is 3.27. The molecule has 3 heteroatoms. The number of esters is 1. The number of hydrogen-bond donors (Lipinski definition) is 0. The number of rotatable bonds is 5. The van der Waals surface area contributed by atoms with Crippen LogP contribution in [0, 0.1) is 5.92 Å². The van der Waals surface area contributed by atoms with Crippen LogP contribution in [-0.2, 0) is 16.0 Å². The molecule has 0 saturated heterocycles. The molecule has 1 heterocycles. The number of thiophene rings is 1. The summed E-state index contributed by atoms with van der Waals surface area (Å²) in [5.41, 5.74) is 0. The van der Waals surface area contributed by atoms with Gasteiger partial charge in [0.15, 0.2) is 0 Å². The molecular formula is C11H16O2S. The summed E-state index contributed by atoms with van der Waals surface area (Å²) in [6.45, 7) is 4.23. The minimum Gasteiger partial charge on any atom is -0.466 e. The van der Waals surface area contributed by atoms with E-state index in [0.717, 1.165) is 12.8 Å². The molecule has 1 atom stereocenters. The third kappa shape index (κ3) is 3.50. The molecule has 0 radical (unpaired) electrons. The van der Waals surface area contributed by atoms with Crippen molar-refractivity contribution in [2.75, 3.05) is 6.61 Å². The molecule has 0 aromatic carbocycles. The lowest BCUT2D eigenvalue weighted by molar-refractivity contribution is -0.147. The van der Waals surface area contributed by atoms with Crippen LogP contribution in [0.1, 0.15) is 25.1 Å². The summed E-state index contributed by atoms with van der Waals surface area (Å²) in [5, 5.41) is 2.06. The lowest BCUT2D eigenvalue weighted by Gasteiger charge is -2.08. The quantitative estimate of drug-likeness (QED) is 0.701. The van der Waals surface area contributed by atoms with Gasteiger partial charge in [0.25, 0.3) is 0 Å². The van der Waals surface area contributed by atoms with E-state index < -0.39 is 0 Å². The van der Waals surface area contributed by atoms with Crippen molar-refractivity contribution >= 4 is 17.3 Å². The molecule has 0 N–H and O–H groups in total. The van der Waals surface area contributed by atoms with Gasteiger partial charge in [-0.25, -0.2) is 0 Å². The van der Waals surface area contributed by atoms with E-state index in [1.54, 1.807) is 11.3 Å². The number of carbonyl (C=O) groups excluding carboxylic acids is 1. The molecule has 0 aliphatic heterocycles. The predicted octanol–water partition coefficient (Wildman–Crippen LogP) is 2.88. The maximum atomic E-state index is 11.3. The van der Waals surface area contributed by atoms with E-state index in [2.05, 4.69) is 11.4 Å². The Morgan fingerprint density at radius 3 is 3.00 bits per heavy atom. The first kappa shape index (κ1) is 11.2. The smallest absolute Gasteiger partial charge is 0.308 e. The van der Waals surface area contributed by atoms with Gasteiger partial charge in [0.05, 0.1) is 12.5 Å². The largest absolute Gasteiger partial charge is 0.466 e. The highest BCUT2D eigenvalue weighted by atomic mass is 32.1. The highest BCUT2D eigenvalue weighted by Crippen LogP contribution is 2.15. The first-order valence-electron chi connectivity index (χ1n) is 4.93. The van der Waals surface area contributed by atoms with Gasteiger partial charge in [-0.05, 0) is 31.2 Å². The third-order valence-corrected chi connectivity index (χ3v) is 3.03. The zero-order chi connectivity index (χ0) is 10.4. The molecule has 0 fully saturated rings. The molecule has 14 heavy (non-hydrogen) atoms. The van der Waals surface area contributed by atoms with Crippen LogP contribution >= 0.6 is 11.3 Å². The number of carbonyl (C=O) groups is 1. The Kier molecular flexibility index (Phi) is 4.66. The van der Waals surface area contributed by atoms with Crippen molar-refractivity contribution < 1.29 is 9.53 Å². The van der Waals surface area contributed by atoms with Gasteiger partial charge in [-0.3, -0.25) is 4.79 Å². The molecule has 0 amide bonds. The first-order valence-corrected chi connectivity index (χ1v) is 5.81. The molecule has 2 nitrogen and oxygen atoms in total. The van der Waals surface area contributed by atoms with Crippen molar-refractivity contribution in [3.05, 3.63) is 22.4 Å². The average Bonchev–Trinajstić information content (AvgIpc) is 2.67. The fraction of sp³-hybridized carbons (Fsp3) is 0.545. The van der Waals surface area contributed by atoms with Crippen LogP contribution in [0.4, 0.5) is 0 Å². The Bertz CT molecular complexity index is 267. The van der Waals surface area contributed by atoms with Crippen molar-refractivity contribution in [2.45, 2.75) is 26.7 Å². The molecule has 0 spiro atoms. The summed E-state index contributed by atoms with van der Waals surface area (Å²) in [5.74, 6) is -0.0684. The van der Waals surface area contributed by atoms with Gasteiger partial charge in [-0.15, -0.1) is 11.3 Å². The molecule has 1 aromatic heterocycles. The minimum atomic E-state index is -0.0796. The normalized spacial score (nSPS) is 12.4. The van der Waals surface area contributed by atoms with Gasteiger partial charge in [-0.1, -0.05) is 13.0 Å². The molecule has 0 saturated carbocycles. The van der Waals surface area contributed by atoms with E-state index >= 15 is 0 Å². The van der Waals surface area contributed by atoms with Gasteiger partial charge in [0.1, 0.15) is 0 Å². The molecule has 78 valence electrons. The van der Waals surface area contributed by atoms with Gasteiger partial charge >= 0.3 is 5.97 Å². The first-order chi connectivity index (χ1) is 6.74. The van der Waals surface area contributed by atoms with Crippen molar-refractivity contribution in [3.63, 3.8) is 0 Å². The van der Waals surface area contributed by atoms with Crippen LogP contribution in [-0.4, -0.2) is 12.6 Å². The Balaban J connectivity index is 2.27. The van der Waals surface area contributed by atoms with Gasteiger partial charge in [0, 0.05) is 4.88 Å². The van der Waals surface area contributed by atoms with E-state index in [1.807, 2.05) is 19.9 Å². The monoisotopic (exact) mass is 212 g/mol. The van der Waals surface area contributed by atoms with E-state index in [9.17, 15) is 4.79 Å². The second kappa shape index (κ2) is 5.81. The molecule has 0 bridgehead atoms. The maximum absolute atomic E-state index is 11.3. The van der Waals surface area contributed by atoms with E-state index in [1.165, 1.54) is 4.88 Å². The van der Waals surface area contributed by atoms with Crippen molar-refractivity contribution in [1.29, 1.82) is 0 Å². The SMILES string of the molecule is CCOC(=O)C(C)CCc1cccs1. The van der Waals surface area contributed by atoms with Crippen LogP contribution in [0.2, 0.25) is 0 Å². The summed E-state index contributed by atoms with van der Waals surface area (Å²) in [4.78, 5) is 12.6. The second-order valence-corrected chi connectivity index (χ2v) is 4.30. The van der Waals surface area contributed by atoms with E-state index in [4.69, 9.17) is 4.74 Å². The summed E-state index contributed by atoms with van der Waals surface area (Å²) in [6, 6.07) is 4.14. The van der Waals surface area contributed by atoms with Gasteiger partial charge < -0.3 is 4.74 Å².